The molecule has 186 valence electrons. The highest BCUT2D eigenvalue weighted by Crippen LogP contribution is 2.30. The van der Waals surface area contributed by atoms with E-state index in [4.69, 9.17) is 16.3 Å². The zero-order valence-electron chi connectivity index (χ0n) is 19.9. The first-order chi connectivity index (χ1) is 16.8. The summed E-state index contributed by atoms with van der Waals surface area (Å²) in [6.07, 6.45) is 2.39. The van der Waals surface area contributed by atoms with E-state index < -0.39 is 12.0 Å². The van der Waals surface area contributed by atoms with Crippen LogP contribution >= 0.6 is 11.6 Å². The normalized spacial score (nSPS) is 19.1. The number of likely N-dealkylation sites (tertiary alicyclic amines) is 2. The fraction of sp³-hybridized carbons (Fsp3) is 0.423. The standard InChI is InChI=1S/C26H30ClN3O5/c1-16-13-17(3-5-21(16)27)15-29-11-9-19(10-12-29)30-22(6-8-24(30)31)25(32)28-18-4-7-23(35-2)20(14-18)26(33)34/h3-5,7,13-14,19,22H,6,8-12,15H2,1-2H3,(H,28,32)(H,33,34)/t22-/m1/s1. The fourth-order valence-electron chi connectivity index (χ4n) is 5.02. The molecule has 0 spiro atoms. The number of carboxylic acid groups (broad SMARTS) is 1. The summed E-state index contributed by atoms with van der Waals surface area (Å²) < 4.78 is 5.08. The molecule has 1 atom stereocenters. The first-order valence-corrected chi connectivity index (χ1v) is 12.2. The minimum absolute atomic E-state index is 0.00196. The number of halogens is 1. The van der Waals surface area contributed by atoms with Crippen LogP contribution in [0.25, 0.3) is 0 Å². The molecule has 2 fully saturated rings. The summed E-state index contributed by atoms with van der Waals surface area (Å²) in [6, 6.07) is 10.00. The third kappa shape index (κ3) is 5.60. The summed E-state index contributed by atoms with van der Waals surface area (Å²) in [6.45, 7) is 4.50. The van der Waals surface area contributed by atoms with Crippen molar-refractivity contribution < 1.29 is 24.2 Å². The van der Waals surface area contributed by atoms with E-state index in [-0.39, 0.29) is 29.2 Å². The van der Waals surface area contributed by atoms with Gasteiger partial charge in [0.1, 0.15) is 17.4 Å². The molecule has 35 heavy (non-hydrogen) atoms. The number of aromatic carboxylic acids is 1. The molecule has 2 heterocycles. The lowest BCUT2D eigenvalue weighted by Crippen LogP contribution is -2.51. The number of aryl methyl sites for hydroxylation is 1. The average molecular weight is 500 g/mol. The molecule has 0 radical (unpaired) electrons. The van der Waals surface area contributed by atoms with Crippen LogP contribution in [-0.4, -0.2) is 65.0 Å². The highest BCUT2D eigenvalue weighted by atomic mass is 35.5. The molecular weight excluding hydrogens is 470 g/mol. The molecule has 8 nitrogen and oxygen atoms in total. The Morgan fingerprint density at radius 1 is 1.14 bits per heavy atom. The smallest absolute Gasteiger partial charge is 0.339 e. The van der Waals surface area contributed by atoms with Gasteiger partial charge in [-0.25, -0.2) is 4.79 Å². The molecule has 2 aliphatic heterocycles. The zero-order valence-corrected chi connectivity index (χ0v) is 20.7. The van der Waals surface area contributed by atoms with Gasteiger partial charge < -0.3 is 20.1 Å². The van der Waals surface area contributed by atoms with E-state index in [2.05, 4.69) is 16.3 Å². The number of carbonyl (C=O) groups is 3. The number of hydrogen-bond acceptors (Lipinski definition) is 5. The topological polar surface area (TPSA) is 99.2 Å². The summed E-state index contributed by atoms with van der Waals surface area (Å²) in [7, 11) is 1.39. The number of methoxy groups -OCH3 is 1. The number of carbonyl (C=O) groups excluding carboxylic acids is 2. The van der Waals surface area contributed by atoms with Crippen LogP contribution in [0.4, 0.5) is 5.69 Å². The van der Waals surface area contributed by atoms with Crippen molar-refractivity contribution in [3.8, 4) is 5.75 Å². The van der Waals surface area contributed by atoms with Crippen LogP contribution in [0.5, 0.6) is 5.75 Å². The Morgan fingerprint density at radius 2 is 1.89 bits per heavy atom. The van der Waals surface area contributed by atoms with E-state index in [1.54, 1.807) is 11.0 Å². The van der Waals surface area contributed by atoms with Crippen LogP contribution in [0.15, 0.2) is 36.4 Å². The molecule has 0 bridgehead atoms. The minimum atomic E-state index is -1.14. The van der Waals surface area contributed by atoms with Gasteiger partial charge in [-0.2, -0.15) is 0 Å². The van der Waals surface area contributed by atoms with Crippen LogP contribution < -0.4 is 10.1 Å². The number of amides is 2. The second-order valence-electron chi connectivity index (χ2n) is 9.16. The fourth-order valence-corrected chi connectivity index (χ4v) is 5.13. The van der Waals surface area contributed by atoms with Crippen molar-refractivity contribution in [3.05, 3.63) is 58.1 Å². The number of anilines is 1. The second-order valence-corrected chi connectivity index (χ2v) is 9.56. The predicted octanol–water partition coefficient (Wildman–Crippen LogP) is 3.95. The molecule has 9 heteroatoms. The van der Waals surface area contributed by atoms with Gasteiger partial charge in [0.15, 0.2) is 0 Å². The van der Waals surface area contributed by atoms with E-state index in [1.807, 2.05) is 19.1 Å². The maximum Gasteiger partial charge on any atom is 0.339 e. The van der Waals surface area contributed by atoms with Crippen molar-refractivity contribution in [1.29, 1.82) is 0 Å². The molecule has 2 saturated heterocycles. The molecule has 4 rings (SSSR count). The molecule has 2 amide bonds. The Labute approximate surface area is 209 Å². The number of rotatable bonds is 7. The van der Waals surface area contributed by atoms with Gasteiger partial charge in [-0.05, 0) is 61.6 Å². The van der Waals surface area contributed by atoms with Gasteiger partial charge in [-0.1, -0.05) is 23.7 Å². The van der Waals surface area contributed by atoms with Crippen LogP contribution in [-0.2, 0) is 16.1 Å². The summed E-state index contributed by atoms with van der Waals surface area (Å²) in [4.78, 5) is 41.5. The molecular formula is C26H30ClN3O5. The summed E-state index contributed by atoms with van der Waals surface area (Å²) >= 11 is 6.14. The maximum absolute atomic E-state index is 13.1. The third-order valence-corrected chi connectivity index (χ3v) is 7.26. The first-order valence-electron chi connectivity index (χ1n) is 11.8. The maximum atomic E-state index is 13.1. The molecule has 0 aromatic heterocycles. The van der Waals surface area contributed by atoms with Crippen molar-refractivity contribution in [2.45, 2.75) is 51.2 Å². The number of nitrogens with one attached hydrogen (secondary N) is 1. The Balaban J connectivity index is 1.38. The van der Waals surface area contributed by atoms with Gasteiger partial charge in [0.2, 0.25) is 11.8 Å². The number of benzene rings is 2. The lowest BCUT2D eigenvalue weighted by molar-refractivity contribution is -0.136. The highest BCUT2D eigenvalue weighted by Gasteiger charge is 2.41. The number of ether oxygens (including phenoxy) is 1. The van der Waals surface area contributed by atoms with Crippen LogP contribution in [0, 0.1) is 6.92 Å². The van der Waals surface area contributed by atoms with Crippen LogP contribution in [0.1, 0.15) is 47.2 Å². The first kappa shape index (κ1) is 25.0. The minimum Gasteiger partial charge on any atom is -0.496 e. The van der Waals surface area contributed by atoms with Crippen molar-refractivity contribution in [3.63, 3.8) is 0 Å². The lowest BCUT2D eigenvalue weighted by atomic mass is 10.0. The van der Waals surface area contributed by atoms with E-state index in [1.165, 1.54) is 24.8 Å². The molecule has 0 saturated carbocycles. The lowest BCUT2D eigenvalue weighted by Gasteiger charge is -2.39. The monoisotopic (exact) mass is 499 g/mol. The van der Waals surface area contributed by atoms with E-state index in [9.17, 15) is 19.5 Å². The highest BCUT2D eigenvalue weighted by molar-refractivity contribution is 6.31. The van der Waals surface area contributed by atoms with Crippen molar-refractivity contribution in [1.82, 2.24) is 9.80 Å². The van der Waals surface area contributed by atoms with Crippen LogP contribution in [0.3, 0.4) is 0 Å². The number of nitrogens with zero attached hydrogens (tertiary/aromatic N) is 2. The Morgan fingerprint density at radius 3 is 2.54 bits per heavy atom. The van der Waals surface area contributed by atoms with Gasteiger partial charge >= 0.3 is 5.97 Å². The van der Waals surface area contributed by atoms with Crippen molar-refractivity contribution >= 4 is 35.1 Å². The number of piperidine rings is 1. The average Bonchev–Trinajstić information content (AvgIpc) is 3.23. The predicted molar refractivity (Wildman–Crippen MR) is 133 cm³/mol. The molecule has 2 N–H and O–H groups in total. The molecule has 0 aliphatic carbocycles. The SMILES string of the molecule is COc1ccc(NC(=O)[C@H]2CCC(=O)N2C2CCN(Cc3ccc(Cl)c(C)c3)CC2)cc1C(=O)O. The second kappa shape index (κ2) is 10.7. The quantitative estimate of drug-likeness (QED) is 0.598. The van der Waals surface area contributed by atoms with E-state index in [0.717, 1.165) is 43.1 Å². The van der Waals surface area contributed by atoms with E-state index >= 15 is 0 Å². The molecule has 2 aromatic rings. The molecule has 2 aliphatic rings. The molecule has 2 aromatic carbocycles. The summed E-state index contributed by atoms with van der Waals surface area (Å²) in [5.74, 6) is -1.22. The van der Waals surface area contributed by atoms with Gasteiger partial charge in [0.25, 0.3) is 0 Å². The summed E-state index contributed by atoms with van der Waals surface area (Å²) in [5, 5.41) is 13.0. The zero-order chi connectivity index (χ0) is 25.1. The van der Waals surface area contributed by atoms with Gasteiger partial charge in [-0.15, -0.1) is 0 Å². The number of carboxylic acids is 1. The van der Waals surface area contributed by atoms with Gasteiger partial charge in [-0.3, -0.25) is 14.5 Å². The van der Waals surface area contributed by atoms with Crippen LogP contribution in [0.2, 0.25) is 5.02 Å². The van der Waals surface area contributed by atoms with Crippen molar-refractivity contribution in [2.75, 3.05) is 25.5 Å². The van der Waals surface area contributed by atoms with Gasteiger partial charge in [0.05, 0.1) is 7.11 Å². The third-order valence-electron chi connectivity index (χ3n) is 6.83. The van der Waals surface area contributed by atoms with E-state index in [0.29, 0.717) is 18.5 Å². The van der Waals surface area contributed by atoms with Crippen molar-refractivity contribution in [2.24, 2.45) is 0 Å². The Bertz CT molecular complexity index is 1130. The largest absolute Gasteiger partial charge is 0.496 e. The summed E-state index contributed by atoms with van der Waals surface area (Å²) in [5.41, 5.74) is 2.59. The Hall–Kier alpha value is -3.10. The molecule has 0 unspecified atom stereocenters. The van der Waals surface area contributed by atoms with Gasteiger partial charge in [0, 0.05) is 42.8 Å². The Kier molecular flexibility index (Phi) is 7.62. The number of hydrogen-bond donors (Lipinski definition) is 2.